The number of hydrogen-bond acceptors (Lipinski definition) is 6. The molecule has 0 unspecified atom stereocenters. The van der Waals surface area contributed by atoms with Gasteiger partial charge in [0.1, 0.15) is 5.82 Å². The molecule has 2 aromatic rings. The molecule has 0 saturated carbocycles. The number of halogens is 1. The molecule has 0 radical (unpaired) electrons. The fraction of sp³-hybridized carbons (Fsp3) is 0.200. The number of aromatic nitrogens is 2. The van der Waals surface area contributed by atoms with Crippen LogP contribution in [0.15, 0.2) is 34.0 Å². The van der Waals surface area contributed by atoms with Crippen LogP contribution in [0, 0.1) is 5.82 Å². The van der Waals surface area contributed by atoms with Crippen LogP contribution in [0.2, 0.25) is 0 Å². The highest BCUT2D eigenvalue weighted by Crippen LogP contribution is 2.17. The summed E-state index contributed by atoms with van der Waals surface area (Å²) in [6.45, 7) is -0.169. The highest BCUT2D eigenvalue weighted by Gasteiger charge is 2.19. The minimum atomic E-state index is -3.89. The molecule has 1 aromatic carbocycles. The zero-order valence-electron chi connectivity index (χ0n) is 9.71. The van der Waals surface area contributed by atoms with E-state index in [1.165, 1.54) is 6.07 Å². The lowest BCUT2D eigenvalue weighted by molar-refractivity contribution is 0.409. The topological polar surface area (TPSA) is 111 Å². The Balaban J connectivity index is 2.26. The van der Waals surface area contributed by atoms with E-state index in [4.69, 9.17) is 5.73 Å². The smallest absolute Gasteiger partial charge is 0.241 e. The van der Waals surface area contributed by atoms with E-state index in [1.54, 1.807) is 0 Å². The van der Waals surface area contributed by atoms with Crippen LogP contribution in [0.25, 0.3) is 0 Å². The zero-order valence-corrected chi connectivity index (χ0v) is 10.5. The maximum absolute atomic E-state index is 13.2. The van der Waals surface area contributed by atoms with Gasteiger partial charge in [-0.2, -0.15) is 4.98 Å². The predicted octanol–water partition coefficient (Wildman–Crippen LogP) is 0.146. The Morgan fingerprint density at radius 1 is 1.42 bits per heavy atom. The largest absolute Gasteiger partial charge is 0.343 e. The molecule has 1 aromatic heterocycles. The van der Waals surface area contributed by atoms with E-state index < -0.39 is 15.8 Å². The number of hydrogen-bond donors (Lipinski definition) is 2. The van der Waals surface area contributed by atoms with Gasteiger partial charge in [-0.25, -0.2) is 17.5 Å². The standard InChI is InChI=1S/C10H11FN4O3S/c11-8-2-1-7(4-12)9(3-8)19(16,17)14-5-10-13-6-18-15-10/h1-3,6,14H,4-5,12H2. The van der Waals surface area contributed by atoms with Gasteiger partial charge in [-0.1, -0.05) is 11.2 Å². The predicted molar refractivity (Wildman–Crippen MR) is 62.6 cm³/mol. The maximum atomic E-state index is 13.2. The van der Waals surface area contributed by atoms with Crippen molar-refractivity contribution in [1.29, 1.82) is 0 Å². The maximum Gasteiger partial charge on any atom is 0.241 e. The van der Waals surface area contributed by atoms with Crippen LogP contribution < -0.4 is 10.5 Å². The first-order valence-electron chi connectivity index (χ1n) is 5.26. The molecule has 19 heavy (non-hydrogen) atoms. The Bertz CT molecular complexity index is 657. The first-order valence-corrected chi connectivity index (χ1v) is 6.74. The lowest BCUT2D eigenvalue weighted by Crippen LogP contribution is -2.25. The highest BCUT2D eigenvalue weighted by atomic mass is 32.2. The molecule has 0 spiro atoms. The Kier molecular flexibility index (Phi) is 3.88. The van der Waals surface area contributed by atoms with Crippen LogP contribution >= 0.6 is 0 Å². The molecule has 0 bridgehead atoms. The van der Waals surface area contributed by atoms with E-state index in [9.17, 15) is 12.8 Å². The quantitative estimate of drug-likeness (QED) is 0.809. The van der Waals surface area contributed by atoms with Crippen molar-refractivity contribution >= 4 is 10.0 Å². The molecule has 0 amide bonds. The monoisotopic (exact) mass is 286 g/mol. The Labute approximate surface area is 108 Å². The second-order valence-electron chi connectivity index (χ2n) is 3.63. The summed E-state index contributed by atoms with van der Waals surface area (Å²) in [4.78, 5) is 3.47. The van der Waals surface area contributed by atoms with Crippen LogP contribution in [0.4, 0.5) is 4.39 Å². The molecular formula is C10H11FN4O3S. The van der Waals surface area contributed by atoms with Crippen molar-refractivity contribution in [1.82, 2.24) is 14.9 Å². The minimum Gasteiger partial charge on any atom is -0.343 e. The third-order valence-corrected chi connectivity index (χ3v) is 3.85. The summed E-state index contributed by atoms with van der Waals surface area (Å²) in [5, 5.41) is 3.46. The van der Waals surface area contributed by atoms with Gasteiger partial charge < -0.3 is 10.3 Å². The Morgan fingerprint density at radius 2 is 2.21 bits per heavy atom. The van der Waals surface area contributed by atoms with Gasteiger partial charge in [0.2, 0.25) is 16.4 Å². The van der Waals surface area contributed by atoms with Gasteiger partial charge in [0.05, 0.1) is 11.4 Å². The van der Waals surface area contributed by atoms with Crippen molar-refractivity contribution < 1.29 is 17.3 Å². The number of sulfonamides is 1. The average Bonchev–Trinajstić information content (AvgIpc) is 2.89. The Morgan fingerprint density at radius 3 is 2.84 bits per heavy atom. The lowest BCUT2D eigenvalue weighted by atomic mass is 10.2. The van der Waals surface area contributed by atoms with Gasteiger partial charge in [0.25, 0.3) is 0 Å². The van der Waals surface area contributed by atoms with E-state index in [0.29, 0.717) is 5.56 Å². The van der Waals surface area contributed by atoms with Crippen LogP contribution in [0.1, 0.15) is 11.4 Å². The molecule has 7 nitrogen and oxygen atoms in total. The van der Waals surface area contributed by atoms with Crippen LogP contribution in [0.3, 0.4) is 0 Å². The molecule has 0 saturated heterocycles. The van der Waals surface area contributed by atoms with Crippen molar-refractivity contribution in [3.8, 4) is 0 Å². The molecule has 1 heterocycles. The van der Waals surface area contributed by atoms with Gasteiger partial charge in [0.15, 0.2) is 5.82 Å². The zero-order chi connectivity index (χ0) is 13.9. The van der Waals surface area contributed by atoms with Crippen molar-refractivity contribution in [3.63, 3.8) is 0 Å². The first-order chi connectivity index (χ1) is 9.03. The first kappa shape index (κ1) is 13.6. The number of nitrogens with zero attached hydrogens (tertiary/aromatic N) is 2. The van der Waals surface area contributed by atoms with Crippen LogP contribution in [-0.4, -0.2) is 18.6 Å². The molecule has 3 N–H and O–H groups in total. The van der Waals surface area contributed by atoms with E-state index in [0.717, 1.165) is 18.5 Å². The minimum absolute atomic E-state index is 0.0151. The average molecular weight is 286 g/mol. The number of nitrogens with one attached hydrogen (secondary N) is 1. The van der Waals surface area contributed by atoms with Gasteiger partial charge in [-0.05, 0) is 17.7 Å². The van der Waals surface area contributed by atoms with E-state index in [-0.39, 0.29) is 23.8 Å². The molecule has 0 aliphatic carbocycles. The van der Waals surface area contributed by atoms with Crippen molar-refractivity contribution in [3.05, 3.63) is 41.8 Å². The van der Waals surface area contributed by atoms with Crippen molar-refractivity contribution in [2.45, 2.75) is 18.0 Å². The SMILES string of the molecule is NCc1ccc(F)cc1S(=O)(=O)NCc1ncon1. The van der Waals surface area contributed by atoms with E-state index in [2.05, 4.69) is 19.4 Å². The number of benzene rings is 1. The summed E-state index contributed by atoms with van der Waals surface area (Å²) in [6, 6.07) is 3.40. The van der Waals surface area contributed by atoms with Gasteiger partial charge in [-0.3, -0.25) is 0 Å². The molecule has 102 valence electrons. The fourth-order valence-electron chi connectivity index (χ4n) is 1.45. The van der Waals surface area contributed by atoms with Gasteiger partial charge >= 0.3 is 0 Å². The molecule has 0 fully saturated rings. The molecule has 0 aliphatic heterocycles. The number of nitrogens with two attached hydrogens (primary N) is 1. The highest BCUT2D eigenvalue weighted by molar-refractivity contribution is 7.89. The third kappa shape index (κ3) is 3.13. The summed E-state index contributed by atoms with van der Waals surface area (Å²) in [6.07, 6.45) is 1.08. The van der Waals surface area contributed by atoms with Crippen LogP contribution in [0.5, 0.6) is 0 Å². The lowest BCUT2D eigenvalue weighted by Gasteiger charge is -2.09. The van der Waals surface area contributed by atoms with Crippen molar-refractivity contribution in [2.75, 3.05) is 0 Å². The summed E-state index contributed by atoms with van der Waals surface area (Å²) in [5.74, 6) is -0.480. The summed E-state index contributed by atoms with van der Waals surface area (Å²) in [5.41, 5.74) is 5.76. The molecule has 0 aliphatic rings. The second-order valence-corrected chi connectivity index (χ2v) is 5.36. The van der Waals surface area contributed by atoms with E-state index in [1.807, 2.05) is 0 Å². The molecule has 9 heteroatoms. The summed E-state index contributed by atoms with van der Waals surface area (Å²) < 4.78 is 44.0. The molecule has 2 rings (SSSR count). The van der Waals surface area contributed by atoms with E-state index >= 15 is 0 Å². The fourth-order valence-corrected chi connectivity index (χ4v) is 2.69. The van der Waals surface area contributed by atoms with Crippen molar-refractivity contribution in [2.24, 2.45) is 5.73 Å². The summed E-state index contributed by atoms with van der Waals surface area (Å²) >= 11 is 0. The Hall–Kier alpha value is -1.84. The number of rotatable bonds is 5. The van der Waals surface area contributed by atoms with Crippen LogP contribution in [-0.2, 0) is 23.1 Å². The third-order valence-electron chi connectivity index (χ3n) is 2.37. The van der Waals surface area contributed by atoms with Gasteiger partial charge in [-0.15, -0.1) is 0 Å². The second kappa shape index (κ2) is 5.43. The van der Waals surface area contributed by atoms with Gasteiger partial charge in [0, 0.05) is 6.54 Å². The normalized spacial score (nSPS) is 11.7. The summed E-state index contributed by atoms with van der Waals surface area (Å²) in [7, 11) is -3.89. The molecular weight excluding hydrogens is 275 g/mol. The molecule has 0 atom stereocenters.